The molecule has 1 saturated carbocycles. The molecule has 0 aromatic carbocycles. The highest BCUT2D eigenvalue weighted by Gasteiger charge is 2.48. The topological polar surface area (TPSA) is 12.0 Å². The van der Waals surface area contributed by atoms with Gasteiger partial charge >= 0.3 is 0 Å². The second-order valence-corrected chi connectivity index (χ2v) is 4.67. The minimum Gasteiger partial charge on any atom is -0.313 e. The van der Waals surface area contributed by atoms with E-state index in [-0.39, 0.29) is 0 Å². The van der Waals surface area contributed by atoms with Crippen molar-refractivity contribution in [1.29, 1.82) is 0 Å². The quantitative estimate of drug-likeness (QED) is 0.609. The van der Waals surface area contributed by atoms with Crippen molar-refractivity contribution < 1.29 is 0 Å². The second-order valence-electron chi connectivity index (χ2n) is 4.67. The highest BCUT2D eigenvalue weighted by molar-refractivity contribution is 5.05. The van der Waals surface area contributed by atoms with Crippen molar-refractivity contribution in [3.63, 3.8) is 0 Å². The van der Waals surface area contributed by atoms with E-state index in [9.17, 15) is 0 Å². The molecule has 1 aliphatic carbocycles. The van der Waals surface area contributed by atoms with Gasteiger partial charge in [0, 0.05) is 12.6 Å². The van der Waals surface area contributed by atoms with E-state index in [1.54, 1.807) is 0 Å². The van der Waals surface area contributed by atoms with Crippen LogP contribution in [0.5, 0.6) is 0 Å². The molecule has 0 unspecified atom stereocenters. The van der Waals surface area contributed by atoms with E-state index in [4.69, 9.17) is 0 Å². The lowest BCUT2D eigenvalue weighted by Crippen LogP contribution is -2.63. The van der Waals surface area contributed by atoms with Crippen molar-refractivity contribution in [3.8, 4) is 0 Å². The lowest BCUT2D eigenvalue weighted by atomic mass is 9.68. The van der Waals surface area contributed by atoms with Crippen LogP contribution in [0.1, 0.15) is 39.5 Å². The smallest absolute Gasteiger partial charge is 0.0159 e. The standard InChI is InChI=1S/C10H19N/c1-8(2)9-10(7-11-9)5-3-4-6-10/h8-9,11H,3-7H2,1-2H3/t9-/m1/s1. The van der Waals surface area contributed by atoms with Crippen LogP contribution >= 0.6 is 0 Å². The summed E-state index contributed by atoms with van der Waals surface area (Å²) in [7, 11) is 0. The van der Waals surface area contributed by atoms with Crippen LogP contribution in [0, 0.1) is 11.3 Å². The molecule has 1 atom stereocenters. The summed E-state index contributed by atoms with van der Waals surface area (Å²) >= 11 is 0. The Bertz CT molecular complexity index is 145. The van der Waals surface area contributed by atoms with E-state index in [1.807, 2.05) is 0 Å². The van der Waals surface area contributed by atoms with Crippen molar-refractivity contribution in [3.05, 3.63) is 0 Å². The molecule has 11 heavy (non-hydrogen) atoms. The summed E-state index contributed by atoms with van der Waals surface area (Å²) in [4.78, 5) is 0. The molecular weight excluding hydrogens is 134 g/mol. The fourth-order valence-electron chi connectivity index (χ4n) is 3.02. The maximum Gasteiger partial charge on any atom is 0.0159 e. The van der Waals surface area contributed by atoms with Gasteiger partial charge in [-0.1, -0.05) is 26.7 Å². The molecule has 2 rings (SSSR count). The summed E-state index contributed by atoms with van der Waals surface area (Å²) < 4.78 is 0. The van der Waals surface area contributed by atoms with E-state index in [2.05, 4.69) is 19.2 Å². The molecule has 1 heterocycles. The predicted molar refractivity (Wildman–Crippen MR) is 47.5 cm³/mol. The summed E-state index contributed by atoms with van der Waals surface area (Å²) in [6, 6.07) is 0.838. The molecule has 1 aliphatic heterocycles. The Labute approximate surface area is 69.6 Å². The molecule has 1 N–H and O–H groups in total. The SMILES string of the molecule is CC(C)[C@H]1NCC12CCCC2. The highest BCUT2D eigenvalue weighted by atomic mass is 15.1. The molecule has 0 bridgehead atoms. The summed E-state index contributed by atoms with van der Waals surface area (Å²) in [5, 5.41) is 3.58. The lowest BCUT2D eigenvalue weighted by molar-refractivity contribution is 0.0558. The molecule has 0 aromatic heterocycles. The fourth-order valence-corrected chi connectivity index (χ4v) is 3.02. The molecule has 1 nitrogen and oxygen atoms in total. The molecule has 1 saturated heterocycles. The Morgan fingerprint density at radius 1 is 1.27 bits per heavy atom. The zero-order valence-electron chi connectivity index (χ0n) is 7.69. The Hall–Kier alpha value is -0.0400. The Morgan fingerprint density at radius 3 is 2.27 bits per heavy atom. The Morgan fingerprint density at radius 2 is 1.91 bits per heavy atom. The van der Waals surface area contributed by atoms with E-state index in [1.165, 1.54) is 32.2 Å². The van der Waals surface area contributed by atoms with Gasteiger partial charge in [-0.15, -0.1) is 0 Å². The molecule has 0 radical (unpaired) electrons. The van der Waals surface area contributed by atoms with Gasteiger partial charge in [0.1, 0.15) is 0 Å². The normalized spacial score (nSPS) is 34.6. The molecule has 2 aliphatic rings. The number of nitrogens with one attached hydrogen (secondary N) is 1. The predicted octanol–water partition coefficient (Wildman–Crippen LogP) is 2.17. The molecule has 64 valence electrons. The van der Waals surface area contributed by atoms with Crippen LogP contribution in [0.4, 0.5) is 0 Å². The van der Waals surface area contributed by atoms with Gasteiger partial charge in [-0.25, -0.2) is 0 Å². The van der Waals surface area contributed by atoms with Crippen molar-refractivity contribution in [2.24, 2.45) is 11.3 Å². The zero-order valence-corrected chi connectivity index (χ0v) is 7.69. The average Bonchev–Trinajstić information content (AvgIpc) is 2.31. The van der Waals surface area contributed by atoms with Gasteiger partial charge in [-0.3, -0.25) is 0 Å². The third-order valence-corrected chi connectivity index (χ3v) is 3.60. The summed E-state index contributed by atoms with van der Waals surface area (Å²) in [6.07, 6.45) is 5.93. The van der Waals surface area contributed by atoms with Crippen LogP contribution in [0.2, 0.25) is 0 Å². The van der Waals surface area contributed by atoms with E-state index >= 15 is 0 Å². The van der Waals surface area contributed by atoms with Gasteiger partial charge in [0.05, 0.1) is 0 Å². The fraction of sp³-hybridized carbons (Fsp3) is 1.00. The maximum atomic E-state index is 3.58. The van der Waals surface area contributed by atoms with Gasteiger partial charge in [0.15, 0.2) is 0 Å². The van der Waals surface area contributed by atoms with Crippen molar-refractivity contribution in [1.82, 2.24) is 5.32 Å². The molecule has 0 aromatic rings. The summed E-state index contributed by atoms with van der Waals surface area (Å²) in [5.41, 5.74) is 0.744. The van der Waals surface area contributed by atoms with Crippen molar-refractivity contribution in [2.45, 2.75) is 45.6 Å². The first-order valence-corrected chi connectivity index (χ1v) is 4.98. The number of hydrogen-bond acceptors (Lipinski definition) is 1. The molecule has 2 fully saturated rings. The van der Waals surface area contributed by atoms with E-state index in [0.717, 1.165) is 17.4 Å². The van der Waals surface area contributed by atoms with Gasteiger partial charge in [0.25, 0.3) is 0 Å². The third-order valence-electron chi connectivity index (χ3n) is 3.60. The minimum atomic E-state index is 0.744. The maximum absolute atomic E-state index is 3.58. The van der Waals surface area contributed by atoms with Gasteiger partial charge < -0.3 is 5.32 Å². The average molecular weight is 153 g/mol. The van der Waals surface area contributed by atoms with Crippen LogP contribution < -0.4 is 5.32 Å². The Kier molecular flexibility index (Phi) is 1.71. The van der Waals surface area contributed by atoms with Crippen LogP contribution in [-0.4, -0.2) is 12.6 Å². The first-order valence-electron chi connectivity index (χ1n) is 4.98. The van der Waals surface area contributed by atoms with Gasteiger partial charge in [0.2, 0.25) is 0 Å². The molecular formula is C10H19N. The minimum absolute atomic E-state index is 0.744. The van der Waals surface area contributed by atoms with Gasteiger partial charge in [-0.05, 0) is 24.2 Å². The monoisotopic (exact) mass is 153 g/mol. The highest BCUT2D eigenvalue weighted by Crippen LogP contribution is 2.47. The van der Waals surface area contributed by atoms with Crippen LogP contribution in [0.25, 0.3) is 0 Å². The first kappa shape index (κ1) is 7.60. The number of hydrogen-bond donors (Lipinski definition) is 1. The molecule has 1 heteroatoms. The number of rotatable bonds is 1. The third kappa shape index (κ3) is 1.01. The van der Waals surface area contributed by atoms with Gasteiger partial charge in [-0.2, -0.15) is 0 Å². The van der Waals surface area contributed by atoms with Crippen LogP contribution in [0.3, 0.4) is 0 Å². The largest absolute Gasteiger partial charge is 0.313 e. The van der Waals surface area contributed by atoms with Crippen molar-refractivity contribution >= 4 is 0 Å². The lowest BCUT2D eigenvalue weighted by Gasteiger charge is -2.50. The van der Waals surface area contributed by atoms with Crippen LogP contribution in [0.15, 0.2) is 0 Å². The second kappa shape index (κ2) is 2.48. The van der Waals surface area contributed by atoms with E-state index < -0.39 is 0 Å². The molecule has 0 amide bonds. The van der Waals surface area contributed by atoms with E-state index in [0.29, 0.717) is 0 Å². The molecule has 1 spiro atoms. The zero-order chi connectivity index (χ0) is 7.90. The van der Waals surface area contributed by atoms with Crippen LogP contribution in [-0.2, 0) is 0 Å². The van der Waals surface area contributed by atoms with Crippen molar-refractivity contribution in [2.75, 3.05) is 6.54 Å². The Balaban J connectivity index is 2.03. The first-order chi connectivity index (χ1) is 5.25. The summed E-state index contributed by atoms with van der Waals surface area (Å²) in [5.74, 6) is 0.835. The summed E-state index contributed by atoms with van der Waals surface area (Å²) in [6.45, 7) is 5.99.